The summed E-state index contributed by atoms with van der Waals surface area (Å²) >= 11 is 0. The number of fused-ring (bicyclic) bond motifs is 5. The summed E-state index contributed by atoms with van der Waals surface area (Å²) in [6, 6.07) is 4.16. The van der Waals surface area contributed by atoms with Gasteiger partial charge in [0, 0.05) is 0 Å². The third-order valence-electron chi connectivity index (χ3n) is 6.24. The molecule has 0 unspecified atom stereocenters. The molecule has 3 heteroatoms. The number of benzene rings is 1. The van der Waals surface area contributed by atoms with Crippen LogP contribution < -0.4 is 0 Å². The first-order chi connectivity index (χ1) is 10.7. The number of ether oxygens (including phenoxy) is 1. The lowest BCUT2D eigenvalue weighted by atomic mass is 9.68. The summed E-state index contributed by atoms with van der Waals surface area (Å²) in [6.07, 6.45) is 1.80. The van der Waals surface area contributed by atoms with Gasteiger partial charge < -0.3 is 9.84 Å². The predicted octanol–water partition coefficient (Wildman–Crippen LogP) is 4.04. The topological polar surface area (TPSA) is 46.5 Å². The van der Waals surface area contributed by atoms with Crippen molar-refractivity contribution in [3.05, 3.63) is 40.1 Å². The molecular weight excluding hydrogens is 288 g/mol. The minimum absolute atomic E-state index is 0.0634. The zero-order chi connectivity index (χ0) is 16.7. The minimum Gasteiger partial charge on any atom is -0.511 e. The van der Waals surface area contributed by atoms with Crippen LogP contribution in [-0.4, -0.2) is 22.1 Å². The van der Waals surface area contributed by atoms with E-state index in [9.17, 15) is 9.90 Å². The largest absolute Gasteiger partial charge is 0.511 e. The molecule has 3 nitrogen and oxygen atoms in total. The van der Waals surface area contributed by atoms with Crippen LogP contribution in [0.1, 0.15) is 48.9 Å². The van der Waals surface area contributed by atoms with Gasteiger partial charge in [-0.15, -0.1) is 0 Å². The molecule has 2 fully saturated rings. The van der Waals surface area contributed by atoms with Crippen LogP contribution in [0.3, 0.4) is 0 Å². The molecule has 1 aromatic rings. The van der Waals surface area contributed by atoms with Gasteiger partial charge in [0.15, 0.2) is 5.78 Å². The van der Waals surface area contributed by atoms with Crippen LogP contribution in [0.5, 0.6) is 0 Å². The second-order valence-corrected chi connectivity index (χ2v) is 8.08. The number of aliphatic hydroxyl groups excluding tert-OH is 1. The fourth-order valence-electron chi connectivity index (χ4n) is 5.41. The molecule has 4 atom stereocenters. The average molecular weight is 312 g/mol. The number of allylic oxidation sites excluding steroid dienone is 1. The Labute approximate surface area is 137 Å². The average Bonchev–Trinajstić information content (AvgIpc) is 2.96. The van der Waals surface area contributed by atoms with E-state index in [1.807, 2.05) is 27.7 Å². The van der Waals surface area contributed by atoms with Gasteiger partial charge in [0.2, 0.25) is 0 Å². The van der Waals surface area contributed by atoms with E-state index in [2.05, 4.69) is 19.1 Å². The van der Waals surface area contributed by atoms with Crippen LogP contribution in [0.15, 0.2) is 17.9 Å². The van der Waals surface area contributed by atoms with Crippen LogP contribution >= 0.6 is 0 Å². The Hall–Kier alpha value is -1.61. The van der Waals surface area contributed by atoms with Gasteiger partial charge in [-0.2, -0.15) is 0 Å². The van der Waals surface area contributed by atoms with E-state index in [1.54, 1.807) is 0 Å². The lowest BCUT2D eigenvalue weighted by Gasteiger charge is -2.30. The van der Waals surface area contributed by atoms with E-state index in [-0.39, 0.29) is 23.4 Å². The van der Waals surface area contributed by atoms with Gasteiger partial charge in [0.05, 0.1) is 28.6 Å². The Bertz CT molecular complexity index is 752. The molecule has 0 saturated carbocycles. The van der Waals surface area contributed by atoms with Crippen LogP contribution in [0.25, 0.3) is 5.57 Å². The monoisotopic (exact) mass is 312 g/mol. The molecule has 2 saturated heterocycles. The van der Waals surface area contributed by atoms with Crippen molar-refractivity contribution < 1.29 is 14.6 Å². The maximum atomic E-state index is 13.2. The molecule has 23 heavy (non-hydrogen) atoms. The van der Waals surface area contributed by atoms with Gasteiger partial charge >= 0.3 is 0 Å². The summed E-state index contributed by atoms with van der Waals surface area (Å²) in [5.74, 6) is -0.116. The standard InChI is InChI=1S/C20H24O3/c1-10-8-11(2)13(12(3)9-10)14-17(21)15-16(18(14)22)20(5)7-6-19(15,4)23-20/h8-9,15-16,21H,6-7H2,1-5H3/t15-,16+,19-,20+/m1/s1. The highest BCUT2D eigenvalue weighted by molar-refractivity contribution is 6.26. The van der Waals surface area contributed by atoms with Crippen LogP contribution in [0, 0.1) is 32.6 Å². The first-order valence-electron chi connectivity index (χ1n) is 8.44. The SMILES string of the molecule is Cc1cc(C)c(C2=C(O)[C@H]3[C@@H](C2=O)[C@]2(C)CC[C@@]3(C)O2)c(C)c1. The lowest BCUT2D eigenvalue weighted by molar-refractivity contribution is -0.121. The number of Topliss-reactive ketones (excluding diaryl/α,β-unsaturated/α-hetero) is 1. The van der Waals surface area contributed by atoms with Crippen LogP contribution in [0.4, 0.5) is 0 Å². The van der Waals surface area contributed by atoms with Crippen molar-refractivity contribution in [1.29, 1.82) is 0 Å². The summed E-state index contributed by atoms with van der Waals surface area (Å²) in [5.41, 5.74) is 3.90. The van der Waals surface area contributed by atoms with E-state index in [1.165, 1.54) is 5.56 Å². The summed E-state index contributed by atoms with van der Waals surface area (Å²) in [6.45, 7) is 10.2. The van der Waals surface area contributed by atoms with Gasteiger partial charge in [0.1, 0.15) is 5.76 Å². The summed E-state index contributed by atoms with van der Waals surface area (Å²) in [5, 5.41) is 11.0. The number of aryl methyl sites for hydroxylation is 3. The second-order valence-electron chi connectivity index (χ2n) is 8.08. The van der Waals surface area contributed by atoms with Crippen molar-refractivity contribution in [2.45, 2.75) is 58.7 Å². The quantitative estimate of drug-likeness (QED) is 0.851. The Kier molecular flexibility index (Phi) is 2.77. The fourth-order valence-corrected chi connectivity index (χ4v) is 5.41. The Balaban J connectivity index is 1.92. The third kappa shape index (κ3) is 1.72. The van der Waals surface area contributed by atoms with E-state index < -0.39 is 11.2 Å². The molecule has 0 spiro atoms. The molecular formula is C20H24O3. The molecule has 0 amide bonds. The minimum atomic E-state index is -0.432. The number of aliphatic hydroxyl groups is 1. The van der Waals surface area contributed by atoms with Gasteiger partial charge in [-0.1, -0.05) is 17.7 Å². The maximum absolute atomic E-state index is 13.2. The summed E-state index contributed by atoms with van der Waals surface area (Å²) < 4.78 is 6.20. The molecule has 0 radical (unpaired) electrons. The number of rotatable bonds is 1. The molecule has 1 aliphatic carbocycles. The first kappa shape index (κ1) is 14.9. The predicted molar refractivity (Wildman–Crippen MR) is 89.3 cm³/mol. The van der Waals surface area contributed by atoms with Gasteiger partial charge in [-0.3, -0.25) is 4.79 Å². The molecule has 1 N–H and O–H groups in total. The lowest BCUT2D eigenvalue weighted by Crippen LogP contribution is -2.39. The van der Waals surface area contributed by atoms with Gasteiger partial charge in [0.25, 0.3) is 0 Å². The highest BCUT2D eigenvalue weighted by Crippen LogP contribution is 2.63. The molecule has 122 valence electrons. The van der Waals surface area contributed by atoms with Crippen molar-refractivity contribution in [3.8, 4) is 0 Å². The van der Waals surface area contributed by atoms with Crippen molar-refractivity contribution in [2.75, 3.05) is 0 Å². The molecule has 3 aliphatic rings. The van der Waals surface area contributed by atoms with Crippen molar-refractivity contribution in [1.82, 2.24) is 0 Å². The summed E-state index contributed by atoms with van der Waals surface area (Å²) in [4.78, 5) is 13.2. The number of hydrogen-bond acceptors (Lipinski definition) is 3. The van der Waals surface area contributed by atoms with Crippen molar-refractivity contribution >= 4 is 11.4 Å². The maximum Gasteiger partial charge on any atom is 0.173 e. The zero-order valence-electron chi connectivity index (χ0n) is 14.5. The Morgan fingerprint density at radius 3 is 2.09 bits per heavy atom. The second kappa shape index (κ2) is 4.27. The van der Waals surface area contributed by atoms with E-state index in [0.717, 1.165) is 29.5 Å². The molecule has 2 heterocycles. The Morgan fingerprint density at radius 1 is 1.04 bits per heavy atom. The van der Waals surface area contributed by atoms with E-state index in [4.69, 9.17) is 4.74 Å². The molecule has 2 aliphatic heterocycles. The van der Waals surface area contributed by atoms with E-state index in [0.29, 0.717) is 5.57 Å². The molecule has 4 rings (SSSR count). The molecule has 0 aromatic heterocycles. The molecule has 1 aromatic carbocycles. The first-order valence-corrected chi connectivity index (χ1v) is 8.44. The third-order valence-corrected chi connectivity index (χ3v) is 6.24. The zero-order valence-corrected chi connectivity index (χ0v) is 14.5. The highest BCUT2D eigenvalue weighted by atomic mass is 16.5. The van der Waals surface area contributed by atoms with Crippen LogP contribution in [-0.2, 0) is 9.53 Å². The smallest absolute Gasteiger partial charge is 0.173 e. The van der Waals surface area contributed by atoms with Gasteiger partial charge in [-0.05, 0) is 64.2 Å². The van der Waals surface area contributed by atoms with Crippen LogP contribution in [0.2, 0.25) is 0 Å². The van der Waals surface area contributed by atoms with Crippen molar-refractivity contribution in [2.24, 2.45) is 11.8 Å². The van der Waals surface area contributed by atoms with E-state index >= 15 is 0 Å². The fraction of sp³-hybridized carbons (Fsp3) is 0.550. The highest BCUT2D eigenvalue weighted by Gasteiger charge is 2.69. The molecule has 2 bridgehead atoms. The number of carbonyl (C=O) groups is 1. The number of hydrogen-bond donors (Lipinski definition) is 1. The normalized spacial score (nSPS) is 38.6. The Morgan fingerprint density at radius 2 is 1.57 bits per heavy atom. The number of carbonyl (C=O) groups excluding carboxylic acids is 1. The van der Waals surface area contributed by atoms with Crippen molar-refractivity contribution in [3.63, 3.8) is 0 Å². The summed E-state index contributed by atoms with van der Waals surface area (Å²) in [7, 11) is 0. The van der Waals surface area contributed by atoms with Gasteiger partial charge in [-0.25, -0.2) is 0 Å². The number of ketones is 1.